The van der Waals surface area contributed by atoms with Crippen LogP contribution >= 0.6 is 23.2 Å². The maximum atomic E-state index is 12.5. The third-order valence-electron chi connectivity index (χ3n) is 5.23. The Hall–Kier alpha value is -0.810. The minimum atomic E-state index is -0.0909. The van der Waals surface area contributed by atoms with Crippen molar-refractivity contribution in [3.8, 4) is 0 Å². The third kappa shape index (κ3) is 4.05. The molecule has 1 saturated carbocycles. The van der Waals surface area contributed by atoms with Crippen LogP contribution in [-0.2, 0) is 4.74 Å². The van der Waals surface area contributed by atoms with E-state index in [0.29, 0.717) is 22.2 Å². The van der Waals surface area contributed by atoms with E-state index in [4.69, 9.17) is 27.9 Å². The van der Waals surface area contributed by atoms with Gasteiger partial charge in [0, 0.05) is 30.7 Å². The smallest absolute Gasteiger partial charge is 0.251 e. The van der Waals surface area contributed by atoms with Gasteiger partial charge in [-0.25, -0.2) is 0 Å². The SMILES string of the molecule is O=C(NCC1(N2CCOCC2)CCCCC1)c1ccc(Cl)c(Cl)c1. The lowest BCUT2D eigenvalue weighted by Gasteiger charge is -2.48. The average molecular weight is 371 g/mol. The molecular formula is C18H24Cl2N2O2. The molecule has 0 bridgehead atoms. The van der Waals surface area contributed by atoms with Gasteiger partial charge in [-0.05, 0) is 31.0 Å². The fraction of sp³-hybridized carbons (Fsp3) is 0.611. The summed E-state index contributed by atoms with van der Waals surface area (Å²) in [6.07, 6.45) is 6.00. The summed E-state index contributed by atoms with van der Waals surface area (Å²) in [5, 5.41) is 4.00. The lowest BCUT2D eigenvalue weighted by Crippen LogP contribution is -2.59. The fourth-order valence-corrected chi connectivity index (χ4v) is 4.13. The predicted molar refractivity (Wildman–Crippen MR) is 97.0 cm³/mol. The van der Waals surface area contributed by atoms with Crippen molar-refractivity contribution < 1.29 is 9.53 Å². The maximum absolute atomic E-state index is 12.5. The Bertz CT molecular complexity index is 582. The second kappa shape index (κ2) is 8.05. The van der Waals surface area contributed by atoms with E-state index in [0.717, 1.165) is 39.1 Å². The van der Waals surface area contributed by atoms with Crippen LogP contribution in [0.3, 0.4) is 0 Å². The average Bonchev–Trinajstić information content (AvgIpc) is 2.63. The number of nitrogens with one attached hydrogen (secondary N) is 1. The molecule has 1 aliphatic heterocycles. The predicted octanol–water partition coefficient (Wildman–Crippen LogP) is 3.76. The Labute approximate surface area is 153 Å². The number of rotatable bonds is 4. The van der Waals surface area contributed by atoms with Crippen LogP contribution < -0.4 is 5.32 Å². The van der Waals surface area contributed by atoms with Gasteiger partial charge in [0.05, 0.1) is 23.3 Å². The van der Waals surface area contributed by atoms with E-state index in [1.165, 1.54) is 19.3 Å². The first-order valence-electron chi connectivity index (χ1n) is 8.67. The second-order valence-electron chi connectivity index (χ2n) is 6.70. The highest BCUT2D eigenvalue weighted by Gasteiger charge is 2.38. The fourth-order valence-electron chi connectivity index (χ4n) is 3.84. The van der Waals surface area contributed by atoms with Crippen LogP contribution in [0.2, 0.25) is 10.0 Å². The number of morpholine rings is 1. The van der Waals surface area contributed by atoms with Gasteiger partial charge in [0.1, 0.15) is 0 Å². The molecule has 1 saturated heterocycles. The van der Waals surface area contributed by atoms with Crippen LogP contribution in [0, 0.1) is 0 Å². The number of benzene rings is 1. The van der Waals surface area contributed by atoms with E-state index in [9.17, 15) is 4.79 Å². The molecule has 3 rings (SSSR count). The summed E-state index contributed by atoms with van der Waals surface area (Å²) < 4.78 is 5.50. The molecule has 6 heteroatoms. The molecule has 1 N–H and O–H groups in total. The molecular weight excluding hydrogens is 347 g/mol. The van der Waals surface area contributed by atoms with E-state index in [-0.39, 0.29) is 11.4 Å². The topological polar surface area (TPSA) is 41.6 Å². The number of hydrogen-bond donors (Lipinski definition) is 1. The van der Waals surface area contributed by atoms with Gasteiger partial charge >= 0.3 is 0 Å². The molecule has 0 spiro atoms. The van der Waals surface area contributed by atoms with Crippen LogP contribution in [0.15, 0.2) is 18.2 Å². The Morgan fingerprint density at radius 1 is 1.12 bits per heavy atom. The zero-order valence-corrected chi connectivity index (χ0v) is 15.3. The molecule has 4 nitrogen and oxygen atoms in total. The highest BCUT2D eigenvalue weighted by Crippen LogP contribution is 2.34. The van der Waals surface area contributed by atoms with Crippen molar-refractivity contribution >= 4 is 29.1 Å². The van der Waals surface area contributed by atoms with Gasteiger partial charge < -0.3 is 10.1 Å². The van der Waals surface area contributed by atoms with Crippen molar-refractivity contribution in [3.63, 3.8) is 0 Å². The van der Waals surface area contributed by atoms with Crippen molar-refractivity contribution in [1.29, 1.82) is 0 Å². The van der Waals surface area contributed by atoms with Crippen LogP contribution in [0.5, 0.6) is 0 Å². The van der Waals surface area contributed by atoms with Gasteiger partial charge in [0.2, 0.25) is 0 Å². The summed E-state index contributed by atoms with van der Waals surface area (Å²) >= 11 is 11.9. The largest absolute Gasteiger partial charge is 0.379 e. The lowest BCUT2D eigenvalue weighted by atomic mass is 9.79. The zero-order chi connectivity index (χ0) is 17.0. The van der Waals surface area contributed by atoms with Gasteiger partial charge in [0.15, 0.2) is 0 Å². The van der Waals surface area contributed by atoms with E-state index in [2.05, 4.69) is 10.2 Å². The van der Waals surface area contributed by atoms with Gasteiger partial charge in [-0.1, -0.05) is 42.5 Å². The first-order valence-corrected chi connectivity index (χ1v) is 9.42. The molecule has 2 aliphatic rings. The third-order valence-corrected chi connectivity index (χ3v) is 5.96. The van der Waals surface area contributed by atoms with Gasteiger partial charge in [-0.2, -0.15) is 0 Å². The van der Waals surface area contributed by atoms with Crippen LogP contribution in [0.4, 0.5) is 0 Å². The molecule has 1 heterocycles. The van der Waals surface area contributed by atoms with Crippen molar-refractivity contribution in [3.05, 3.63) is 33.8 Å². The number of ether oxygens (including phenoxy) is 1. The summed E-state index contributed by atoms with van der Waals surface area (Å²) in [6.45, 7) is 4.13. The number of carbonyl (C=O) groups excluding carboxylic acids is 1. The molecule has 0 unspecified atom stereocenters. The van der Waals surface area contributed by atoms with Crippen molar-refractivity contribution in [2.75, 3.05) is 32.8 Å². The minimum Gasteiger partial charge on any atom is -0.379 e. The van der Waals surface area contributed by atoms with Gasteiger partial charge in [-0.15, -0.1) is 0 Å². The first-order chi connectivity index (χ1) is 11.6. The summed E-state index contributed by atoms with van der Waals surface area (Å²) in [7, 11) is 0. The van der Waals surface area contributed by atoms with Gasteiger partial charge in [-0.3, -0.25) is 9.69 Å². The standard InChI is InChI=1S/C18H24Cl2N2O2/c19-15-5-4-14(12-16(15)20)17(23)21-13-18(6-2-1-3-7-18)22-8-10-24-11-9-22/h4-5,12H,1-3,6-11,13H2,(H,21,23). The van der Waals surface area contributed by atoms with E-state index in [1.807, 2.05) is 0 Å². The number of carbonyl (C=O) groups is 1. The van der Waals surface area contributed by atoms with Crippen LogP contribution in [0.25, 0.3) is 0 Å². The molecule has 1 aliphatic carbocycles. The summed E-state index contributed by atoms with van der Waals surface area (Å²) in [6, 6.07) is 5.00. The monoisotopic (exact) mass is 370 g/mol. The Kier molecular flexibility index (Phi) is 6.03. The van der Waals surface area contributed by atoms with Crippen molar-refractivity contribution in [2.45, 2.75) is 37.6 Å². The molecule has 0 atom stereocenters. The second-order valence-corrected chi connectivity index (χ2v) is 7.51. The summed E-state index contributed by atoms with van der Waals surface area (Å²) in [4.78, 5) is 15.0. The Morgan fingerprint density at radius 2 is 1.83 bits per heavy atom. The summed E-state index contributed by atoms with van der Waals surface area (Å²) in [5.74, 6) is -0.0909. The molecule has 1 aromatic rings. The van der Waals surface area contributed by atoms with E-state index in [1.54, 1.807) is 18.2 Å². The Balaban J connectivity index is 1.68. The quantitative estimate of drug-likeness (QED) is 0.876. The van der Waals surface area contributed by atoms with Crippen molar-refractivity contribution in [2.24, 2.45) is 0 Å². The first kappa shape index (κ1) is 18.0. The normalized spacial score (nSPS) is 21.4. The highest BCUT2D eigenvalue weighted by molar-refractivity contribution is 6.42. The number of amides is 1. The maximum Gasteiger partial charge on any atom is 0.251 e. The summed E-state index contributed by atoms with van der Waals surface area (Å²) in [5.41, 5.74) is 0.616. The molecule has 24 heavy (non-hydrogen) atoms. The van der Waals surface area contributed by atoms with E-state index >= 15 is 0 Å². The molecule has 132 valence electrons. The minimum absolute atomic E-state index is 0.0634. The highest BCUT2D eigenvalue weighted by atomic mass is 35.5. The molecule has 1 aromatic carbocycles. The number of nitrogens with zero attached hydrogens (tertiary/aromatic N) is 1. The van der Waals surface area contributed by atoms with E-state index < -0.39 is 0 Å². The lowest BCUT2D eigenvalue weighted by molar-refractivity contribution is -0.0361. The zero-order valence-electron chi connectivity index (χ0n) is 13.8. The molecule has 2 fully saturated rings. The Morgan fingerprint density at radius 3 is 2.50 bits per heavy atom. The molecule has 0 aromatic heterocycles. The number of hydrogen-bond acceptors (Lipinski definition) is 3. The van der Waals surface area contributed by atoms with Crippen LogP contribution in [0.1, 0.15) is 42.5 Å². The number of halogens is 2. The van der Waals surface area contributed by atoms with Crippen LogP contribution in [-0.4, -0.2) is 49.2 Å². The molecule has 1 amide bonds. The molecule has 0 radical (unpaired) electrons. The van der Waals surface area contributed by atoms with Gasteiger partial charge in [0.25, 0.3) is 5.91 Å². The van der Waals surface area contributed by atoms with Crippen molar-refractivity contribution in [1.82, 2.24) is 10.2 Å².